The fraction of sp³-hybridized carbons (Fsp3) is 0.364. The van der Waals surface area contributed by atoms with E-state index in [-0.39, 0.29) is 18.3 Å². The number of nitrogens with zero attached hydrogens (tertiary/aromatic N) is 3. The summed E-state index contributed by atoms with van der Waals surface area (Å²) in [7, 11) is 5.20. The minimum atomic E-state index is 0. The quantitative estimate of drug-likeness (QED) is 0.650. The van der Waals surface area contributed by atoms with Gasteiger partial charge in [0, 0.05) is 44.0 Å². The van der Waals surface area contributed by atoms with Gasteiger partial charge in [-0.1, -0.05) is 0 Å². The summed E-state index contributed by atoms with van der Waals surface area (Å²) in [6.07, 6.45) is 6.93. The van der Waals surface area contributed by atoms with Crippen LogP contribution in [0.15, 0.2) is 36.7 Å². The number of hydrogen-bond donors (Lipinski definition) is 1. The maximum atomic E-state index is 13.1. The van der Waals surface area contributed by atoms with Crippen LogP contribution in [-0.2, 0) is 7.05 Å². The second kappa shape index (κ2) is 9.26. The molecule has 4 rings (SSSR count). The first kappa shape index (κ1) is 21.8. The van der Waals surface area contributed by atoms with Crippen molar-refractivity contribution in [1.29, 1.82) is 0 Å². The molecule has 0 aliphatic carbocycles. The monoisotopic (exact) mass is 430 g/mol. The molecule has 2 aromatic heterocycles. The summed E-state index contributed by atoms with van der Waals surface area (Å²) in [5, 5.41) is 4.23. The first-order chi connectivity index (χ1) is 14.1. The third kappa shape index (κ3) is 4.03. The van der Waals surface area contributed by atoms with Gasteiger partial charge in [-0.3, -0.25) is 4.79 Å². The summed E-state index contributed by atoms with van der Waals surface area (Å²) in [6, 6.07) is 7.53. The Morgan fingerprint density at radius 3 is 2.57 bits per heavy atom. The van der Waals surface area contributed by atoms with Crippen molar-refractivity contribution in [2.24, 2.45) is 7.05 Å². The van der Waals surface area contributed by atoms with Gasteiger partial charge in [0.25, 0.3) is 5.91 Å². The fourth-order valence-corrected chi connectivity index (χ4v) is 3.88. The molecule has 1 aromatic carbocycles. The van der Waals surface area contributed by atoms with Crippen molar-refractivity contribution < 1.29 is 14.3 Å². The lowest BCUT2D eigenvalue weighted by Gasteiger charge is -2.27. The van der Waals surface area contributed by atoms with Crippen LogP contribution in [0.2, 0.25) is 0 Å². The molecule has 0 atom stereocenters. The molecular weight excluding hydrogens is 404 g/mol. The number of methoxy groups -OCH3 is 2. The van der Waals surface area contributed by atoms with E-state index in [1.165, 1.54) is 6.42 Å². The number of halogens is 1. The molecule has 0 bridgehead atoms. The highest BCUT2D eigenvalue weighted by molar-refractivity contribution is 6.08. The van der Waals surface area contributed by atoms with Gasteiger partial charge in [0.2, 0.25) is 0 Å². The van der Waals surface area contributed by atoms with Crippen molar-refractivity contribution >= 4 is 40.7 Å². The number of fused-ring (bicyclic) bond motifs is 1. The third-order valence-electron chi connectivity index (χ3n) is 5.44. The number of ether oxygens (including phenoxy) is 2. The average molecular weight is 431 g/mol. The SMILES string of the molecule is COc1ccc(OC)c(Nc2ncc(C(=O)N3CCCCC3)c3c2ccn3C)c1.Cl. The summed E-state index contributed by atoms with van der Waals surface area (Å²) in [4.78, 5) is 19.7. The largest absolute Gasteiger partial charge is 0.497 e. The van der Waals surface area contributed by atoms with Gasteiger partial charge in [-0.15, -0.1) is 12.4 Å². The maximum absolute atomic E-state index is 13.1. The van der Waals surface area contributed by atoms with Crippen molar-refractivity contribution in [2.75, 3.05) is 32.6 Å². The zero-order chi connectivity index (χ0) is 20.4. The van der Waals surface area contributed by atoms with Crippen LogP contribution in [0.5, 0.6) is 11.5 Å². The van der Waals surface area contributed by atoms with Crippen LogP contribution in [-0.4, -0.2) is 47.7 Å². The van der Waals surface area contributed by atoms with Crippen molar-refractivity contribution in [2.45, 2.75) is 19.3 Å². The van der Waals surface area contributed by atoms with Gasteiger partial charge in [-0.05, 0) is 37.5 Å². The van der Waals surface area contributed by atoms with Crippen LogP contribution in [0, 0.1) is 0 Å². The molecule has 1 aliphatic rings. The maximum Gasteiger partial charge on any atom is 0.257 e. The number of aromatic nitrogens is 2. The van der Waals surface area contributed by atoms with Gasteiger partial charge in [-0.25, -0.2) is 4.98 Å². The molecule has 3 aromatic rings. The zero-order valence-electron chi connectivity index (χ0n) is 17.5. The fourth-order valence-electron chi connectivity index (χ4n) is 3.88. The lowest BCUT2D eigenvalue weighted by molar-refractivity contribution is 0.0725. The van der Waals surface area contributed by atoms with Gasteiger partial charge in [-0.2, -0.15) is 0 Å². The van der Waals surface area contributed by atoms with E-state index in [0.29, 0.717) is 17.1 Å². The van der Waals surface area contributed by atoms with E-state index in [1.807, 2.05) is 47.0 Å². The minimum Gasteiger partial charge on any atom is -0.497 e. The Balaban J connectivity index is 0.00000256. The van der Waals surface area contributed by atoms with Gasteiger partial charge in [0.1, 0.15) is 17.3 Å². The topological polar surface area (TPSA) is 68.6 Å². The van der Waals surface area contributed by atoms with E-state index in [0.717, 1.165) is 48.3 Å². The smallest absolute Gasteiger partial charge is 0.257 e. The van der Waals surface area contributed by atoms with Gasteiger partial charge < -0.3 is 24.3 Å². The number of amides is 1. The first-order valence-corrected chi connectivity index (χ1v) is 9.84. The molecule has 1 aliphatic heterocycles. The third-order valence-corrected chi connectivity index (χ3v) is 5.44. The number of piperidine rings is 1. The average Bonchev–Trinajstić information content (AvgIpc) is 3.16. The first-order valence-electron chi connectivity index (χ1n) is 9.84. The van der Waals surface area contributed by atoms with Crippen LogP contribution in [0.25, 0.3) is 10.9 Å². The number of likely N-dealkylation sites (tertiary alicyclic amines) is 1. The molecule has 1 saturated heterocycles. The molecule has 0 spiro atoms. The molecule has 8 heteroatoms. The number of nitrogens with one attached hydrogen (secondary N) is 1. The van der Waals surface area contributed by atoms with Gasteiger partial charge in [0.15, 0.2) is 0 Å². The number of rotatable bonds is 5. The van der Waals surface area contributed by atoms with Crippen LogP contribution < -0.4 is 14.8 Å². The number of carbonyl (C=O) groups excluding carboxylic acids is 1. The van der Waals surface area contributed by atoms with Crippen LogP contribution in [0.3, 0.4) is 0 Å². The summed E-state index contributed by atoms with van der Waals surface area (Å²) < 4.78 is 12.8. The summed E-state index contributed by atoms with van der Waals surface area (Å²) in [5.41, 5.74) is 2.26. The van der Waals surface area contributed by atoms with E-state index in [1.54, 1.807) is 20.4 Å². The molecule has 1 fully saturated rings. The molecule has 1 amide bonds. The van der Waals surface area contributed by atoms with Crippen molar-refractivity contribution in [3.05, 3.63) is 42.2 Å². The molecule has 30 heavy (non-hydrogen) atoms. The second-order valence-electron chi connectivity index (χ2n) is 7.25. The number of hydrogen-bond acceptors (Lipinski definition) is 5. The lowest BCUT2D eigenvalue weighted by Crippen LogP contribution is -2.35. The molecule has 0 unspecified atom stereocenters. The van der Waals surface area contributed by atoms with Crippen LogP contribution in [0.4, 0.5) is 11.5 Å². The summed E-state index contributed by atoms with van der Waals surface area (Å²) in [6.45, 7) is 1.62. The molecule has 160 valence electrons. The Kier molecular flexibility index (Phi) is 6.72. The molecular formula is C22H27ClN4O3. The molecule has 0 radical (unpaired) electrons. The van der Waals surface area contributed by atoms with Crippen LogP contribution >= 0.6 is 12.4 Å². The minimum absolute atomic E-state index is 0. The van der Waals surface area contributed by atoms with Crippen molar-refractivity contribution in [3.8, 4) is 11.5 Å². The number of aryl methyl sites for hydroxylation is 1. The molecule has 7 nitrogen and oxygen atoms in total. The molecule has 3 heterocycles. The van der Waals surface area contributed by atoms with Gasteiger partial charge >= 0.3 is 0 Å². The lowest BCUT2D eigenvalue weighted by atomic mass is 10.1. The highest BCUT2D eigenvalue weighted by Gasteiger charge is 2.23. The van der Waals surface area contributed by atoms with E-state index < -0.39 is 0 Å². The molecule has 1 N–H and O–H groups in total. The standard InChI is InChI=1S/C22H26N4O3.ClH/c1-25-12-9-16-20(25)17(22(27)26-10-5-4-6-11-26)14-23-21(16)24-18-13-15(28-2)7-8-19(18)29-3;/h7-9,12-14H,4-6,10-11H2,1-3H3,(H,23,24);1H. The molecule has 0 saturated carbocycles. The van der Waals surface area contributed by atoms with E-state index >= 15 is 0 Å². The van der Waals surface area contributed by atoms with Gasteiger partial charge in [0.05, 0.1) is 31.0 Å². The zero-order valence-corrected chi connectivity index (χ0v) is 18.3. The number of anilines is 2. The van der Waals surface area contributed by atoms with E-state index in [2.05, 4.69) is 10.3 Å². The van der Waals surface area contributed by atoms with E-state index in [9.17, 15) is 4.79 Å². The predicted molar refractivity (Wildman–Crippen MR) is 121 cm³/mol. The Morgan fingerprint density at radius 1 is 1.10 bits per heavy atom. The Bertz CT molecular complexity index is 1040. The number of carbonyl (C=O) groups is 1. The number of benzene rings is 1. The van der Waals surface area contributed by atoms with Crippen molar-refractivity contribution in [3.63, 3.8) is 0 Å². The van der Waals surface area contributed by atoms with Crippen molar-refractivity contribution in [1.82, 2.24) is 14.5 Å². The highest BCUT2D eigenvalue weighted by atomic mass is 35.5. The Hall–Kier alpha value is -2.93. The van der Waals surface area contributed by atoms with E-state index in [4.69, 9.17) is 9.47 Å². The van der Waals surface area contributed by atoms with Crippen LogP contribution in [0.1, 0.15) is 29.6 Å². The summed E-state index contributed by atoms with van der Waals surface area (Å²) >= 11 is 0. The normalized spacial score (nSPS) is 13.6. The predicted octanol–water partition coefficient (Wildman–Crippen LogP) is 4.38. The Morgan fingerprint density at radius 2 is 1.87 bits per heavy atom. The second-order valence-corrected chi connectivity index (χ2v) is 7.25. The Labute approximate surface area is 182 Å². The summed E-state index contributed by atoms with van der Waals surface area (Å²) in [5.74, 6) is 2.12. The highest BCUT2D eigenvalue weighted by Crippen LogP contribution is 2.34. The number of pyridine rings is 1.